The van der Waals surface area contributed by atoms with E-state index in [-0.39, 0.29) is 5.41 Å². The lowest BCUT2D eigenvalue weighted by Crippen LogP contribution is -2.17. The molecular formula is C13H18BrN5. The second-order valence-electron chi connectivity index (χ2n) is 5.46. The molecule has 2 heterocycles. The van der Waals surface area contributed by atoms with Crippen molar-refractivity contribution in [2.75, 3.05) is 12.4 Å². The maximum Gasteiger partial charge on any atom is 0.165 e. The van der Waals surface area contributed by atoms with Gasteiger partial charge < -0.3 is 5.32 Å². The minimum Gasteiger partial charge on any atom is -0.372 e. The van der Waals surface area contributed by atoms with E-state index in [9.17, 15) is 0 Å². The minimum absolute atomic E-state index is 0.0651. The fourth-order valence-electron chi connectivity index (χ4n) is 1.78. The number of aromatic nitrogens is 4. The molecule has 2 aromatic heterocycles. The molecule has 0 bridgehead atoms. The van der Waals surface area contributed by atoms with E-state index in [2.05, 4.69) is 57.1 Å². The Labute approximate surface area is 121 Å². The van der Waals surface area contributed by atoms with Gasteiger partial charge in [0.2, 0.25) is 0 Å². The molecule has 1 N–H and O–H groups in total. The van der Waals surface area contributed by atoms with Crippen molar-refractivity contribution in [1.82, 2.24) is 19.7 Å². The lowest BCUT2D eigenvalue weighted by Gasteiger charge is -2.21. The average molecular weight is 324 g/mol. The number of aryl methyl sites for hydroxylation is 1. The SMILES string of the molecule is CNc1nc(-c2cnn(C)c2)nc(C(C)(C)C)c1Br. The van der Waals surface area contributed by atoms with E-state index < -0.39 is 0 Å². The Kier molecular flexibility index (Phi) is 3.62. The van der Waals surface area contributed by atoms with Crippen molar-refractivity contribution in [3.63, 3.8) is 0 Å². The van der Waals surface area contributed by atoms with E-state index in [0.29, 0.717) is 5.82 Å². The van der Waals surface area contributed by atoms with Crippen molar-refractivity contribution < 1.29 is 0 Å². The topological polar surface area (TPSA) is 55.6 Å². The van der Waals surface area contributed by atoms with Crippen LogP contribution in [0.4, 0.5) is 5.82 Å². The van der Waals surface area contributed by atoms with Gasteiger partial charge in [-0.3, -0.25) is 4.68 Å². The molecule has 0 atom stereocenters. The standard InChI is InChI=1S/C13H18BrN5/c1-13(2,3)10-9(14)12(15-4)18-11(17-10)8-6-16-19(5)7-8/h6-7H,1-5H3,(H,15,17,18). The van der Waals surface area contributed by atoms with E-state index >= 15 is 0 Å². The third kappa shape index (κ3) is 2.78. The molecule has 102 valence electrons. The van der Waals surface area contributed by atoms with Gasteiger partial charge in [-0.25, -0.2) is 9.97 Å². The molecule has 0 aromatic carbocycles. The number of nitrogens with one attached hydrogen (secondary N) is 1. The Bertz CT molecular complexity index is 598. The average Bonchev–Trinajstić information content (AvgIpc) is 2.74. The largest absolute Gasteiger partial charge is 0.372 e. The number of hydrogen-bond donors (Lipinski definition) is 1. The fourth-order valence-corrected chi connectivity index (χ4v) is 2.75. The zero-order valence-corrected chi connectivity index (χ0v) is 13.4. The molecule has 0 amide bonds. The van der Waals surface area contributed by atoms with E-state index in [4.69, 9.17) is 0 Å². The van der Waals surface area contributed by atoms with Crippen LogP contribution in [0.3, 0.4) is 0 Å². The second kappa shape index (κ2) is 4.92. The fraction of sp³-hybridized carbons (Fsp3) is 0.462. The van der Waals surface area contributed by atoms with Gasteiger partial charge >= 0.3 is 0 Å². The number of rotatable bonds is 2. The van der Waals surface area contributed by atoms with E-state index in [1.165, 1.54) is 0 Å². The van der Waals surface area contributed by atoms with Crippen LogP contribution in [0.1, 0.15) is 26.5 Å². The van der Waals surface area contributed by atoms with Crippen LogP contribution in [0.15, 0.2) is 16.9 Å². The summed E-state index contributed by atoms with van der Waals surface area (Å²) in [6, 6.07) is 0. The predicted octanol–water partition coefficient (Wildman–Crippen LogP) is 2.98. The lowest BCUT2D eigenvalue weighted by atomic mass is 9.92. The molecule has 0 fully saturated rings. The summed E-state index contributed by atoms with van der Waals surface area (Å²) in [5, 5.41) is 7.27. The second-order valence-corrected chi connectivity index (χ2v) is 6.25. The van der Waals surface area contributed by atoms with Gasteiger partial charge in [0.25, 0.3) is 0 Å². The maximum atomic E-state index is 4.68. The molecule has 0 saturated heterocycles. The van der Waals surface area contributed by atoms with Crippen LogP contribution >= 0.6 is 15.9 Å². The predicted molar refractivity (Wildman–Crippen MR) is 80.2 cm³/mol. The first-order valence-corrected chi connectivity index (χ1v) is 6.87. The number of nitrogens with zero attached hydrogens (tertiary/aromatic N) is 4. The summed E-state index contributed by atoms with van der Waals surface area (Å²) in [6.45, 7) is 6.39. The maximum absolute atomic E-state index is 4.68. The lowest BCUT2D eigenvalue weighted by molar-refractivity contribution is 0.564. The van der Waals surface area contributed by atoms with Gasteiger partial charge in [-0.1, -0.05) is 20.8 Å². The molecule has 5 nitrogen and oxygen atoms in total. The molecule has 0 aliphatic heterocycles. The van der Waals surface area contributed by atoms with Crippen LogP contribution in [0.5, 0.6) is 0 Å². The first-order chi connectivity index (χ1) is 8.82. The molecule has 0 spiro atoms. The van der Waals surface area contributed by atoms with Crippen LogP contribution in [0.25, 0.3) is 11.4 Å². The van der Waals surface area contributed by atoms with Gasteiger partial charge in [-0.15, -0.1) is 0 Å². The number of halogens is 1. The van der Waals surface area contributed by atoms with Gasteiger partial charge in [-0.2, -0.15) is 5.10 Å². The molecule has 2 rings (SSSR count). The molecule has 2 aromatic rings. The Balaban J connectivity index is 2.64. The first-order valence-electron chi connectivity index (χ1n) is 6.07. The highest BCUT2D eigenvalue weighted by molar-refractivity contribution is 9.10. The Morgan fingerprint density at radius 1 is 1.26 bits per heavy atom. The Morgan fingerprint density at radius 3 is 2.42 bits per heavy atom. The zero-order chi connectivity index (χ0) is 14.2. The highest BCUT2D eigenvalue weighted by Crippen LogP contribution is 2.34. The van der Waals surface area contributed by atoms with E-state index in [0.717, 1.165) is 21.5 Å². The summed E-state index contributed by atoms with van der Waals surface area (Å²) in [7, 11) is 3.73. The van der Waals surface area contributed by atoms with Gasteiger partial charge in [0.15, 0.2) is 5.82 Å². The van der Waals surface area contributed by atoms with Crippen molar-refractivity contribution >= 4 is 21.7 Å². The van der Waals surface area contributed by atoms with E-state index in [1.54, 1.807) is 10.9 Å². The third-order valence-corrected chi connectivity index (χ3v) is 3.51. The monoisotopic (exact) mass is 323 g/mol. The molecule has 6 heteroatoms. The van der Waals surface area contributed by atoms with Crippen LogP contribution in [0.2, 0.25) is 0 Å². The summed E-state index contributed by atoms with van der Waals surface area (Å²) in [5.74, 6) is 1.48. The van der Waals surface area contributed by atoms with Crippen LogP contribution in [-0.4, -0.2) is 26.8 Å². The van der Waals surface area contributed by atoms with Crippen LogP contribution in [-0.2, 0) is 12.5 Å². The molecule has 0 aliphatic carbocycles. The minimum atomic E-state index is -0.0651. The molecule has 0 unspecified atom stereocenters. The summed E-state index contributed by atoms with van der Waals surface area (Å²) in [4.78, 5) is 9.21. The normalized spacial score (nSPS) is 11.7. The highest BCUT2D eigenvalue weighted by Gasteiger charge is 2.23. The molecule has 0 radical (unpaired) electrons. The van der Waals surface area contributed by atoms with Crippen molar-refractivity contribution in [1.29, 1.82) is 0 Å². The highest BCUT2D eigenvalue weighted by atomic mass is 79.9. The van der Waals surface area contributed by atoms with Crippen molar-refractivity contribution in [3.8, 4) is 11.4 Å². The summed E-state index contributed by atoms with van der Waals surface area (Å²) in [6.07, 6.45) is 3.68. The van der Waals surface area contributed by atoms with Gasteiger partial charge in [0.1, 0.15) is 5.82 Å². The summed E-state index contributed by atoms with van der Waals surface area (Å²) >= 11 is 3.58. The molecular weight excluding hydrogens is 306 g/mol. The Hall–Kier alpha value is -1.43. The third-order valence-electron chi connectivity index (χ3n) is 2.76. The van der Waals surface area contributed by atoms with Crippen LogP contribution in [0, 0.1) is 0 Å². The smallest absolute Gasteiger partial charge is 0.165 e. The number of hydrogen-bond acceptors (Lipinski definition) is 4. The van der Waals surface area contributed by atoms with Crippen LogP contribution < -0.4 is 5.32 Å². The van der Waals surface area contributed by atoms with E-state index in [1.807, 2.05) is 20.3 Å². The van der Waals surface area contributed by atoms with Gasteiger partial charge in [0, 0.05) is 25.7 Å². The van der Waals surface area contributed by atoms with Gasteiger partial charge in [-0.05, 0) is 15.9 Å². The summed E-state index contributed by atoms with van der Waals surface area (Å²) in [5.41, 5.74) is 1.83. The van der Waals surface area contributed by atoms with Crippen molar-refractivity contribution in [2.24, 2.45) is 7.05 Å². The van der Waals surface area contributed by atoms with Gasteiger partial charge in [0.05, 0.1) is 21.9 Å². The number of anilines is 1. The quantitative estimate of drug-likeness (QED) is 0.923. The molecule has 0 saturated carbocycles. The molecule has 0 aliphatic rings. The first kappa shape index (κ1) is 14.0. The molecule has 19 heavy (non-hydrogen) atoms. The summed E-state index contributed by atoms with van der Waals surface area (Å²) < 4.78 is 2.66. The van der Waals surface area contributed by atoms with Crippen molar-refractivity contribution in [3.05, 3.63) is 22.6 Å². The Morgan fingerprint density at radius 2 is 1.95 bits per heavy atom. The van der Waals surface area contributed by atoms with Crippen molar-refractivity contribution in [2.45, 2.75) is 26.2 Å². The zero-order valence-electron chi connectivity index (χ0n) is 11.8.